The van der Waals surface area contributed by atoms with Crippen LogP contribution in [0.4, 0.5) is 11.5 Å². The molecule has 1 aliphatic heterocycles. The lowest BCUT2D eigenvalue weighted by Crippen LogP contribution is -2.26. The molecular formula is C10H12ClN3OS. The van der Waals surface area contributed by atoms with Crippen LogP contribution in [0.1, 0.15) is 6.42 Å². The third-order valence-corrected chi connectivity index (χ3v) is 3.30. The van der Waals surface area contributed by atoms with Crippen LogP contribution in [-0.4, -0.2) is 23.2 Å². The molecule has 2 N–H and O–H groups in total. The number of hydrogen-bond acceptors (Lipinski definition) is 4. The molecule has 0 aromatic carbocycles. The van der Waals surface area contributed by atoms with Crippen LogP contribution >= 0.6 is 24.2 Å². The van der Waals surface area contributed by atoms with E-state index >= 15 is 0 Å². The Kier molecular flexibility index (Phi) is 3.25. The van der Waals surface area contributed by atoms with Crippen LogP contribution in [0, 0.1) is 5.92 Å². The van der Waals surface area contributed by atoms with Crippen LogP contribution in [-0.2, 0) is 4.79 Å². The number of pyridine rings is 1. The second-order valence-corrected chi connectivity index (χ2v) is 4.63. The summed E-state index contributed by atoms with van der Waals surface area (Å²) in [4.78, 5) is 17.5. The molecule has 1 aliphatic rings. The number of nitrogen functional groups attached to an aromatic ring is 1. The molecule has 1 unspecified atom stereocenters. The summed E-state index contributed by atoms with van der Waals surface area (Å²) in [5.41, 5.74) is 6.22. The number of nitrogens with two attached hydrogens (primary N) is 1. The zero-order chi connectivity index (χ0) is 11.7. The van der Waals surface area contributed by atoms with Crippen molar-refractivity contribution in [3.8, 4) is 0 Å². The largest absolute Gasteiger partial charge is 0.396 e. The van der Waals surface area contributed by atoms with Gasteiger partial charge >= 0.3 is 0 Å². The number of amides is 1. The normalized spacial score (nSPS) is 20.5. The van der Waals surface area contributed by atoms with Gasteiger partial charge in [-0.3, -0.25) is 9.69 Å². The van der Waals surface area contributed by atoms with Crippen LogP contribution in [0.25, 0.3) is 0 Å². The van der Waals surface area contributed by atoms with Crippen molar-refractivity contribution >= 4 is 41.6 Å². The van der Waals surface area contributed by atoms with Gasteiger partial charge in [0.2, 0.25) is 5.91 Å². The topological polar surface area (TPSA) is 59.2 Å². The molecular weight excluding hydrogens is 246 g/mol. The first-order chi connectivity index (χ1) is 7.61. The maximum absolute atomic E-state index is 11.7. The Hall–Kier alpha value is -0.940. The number of anilines is 2. The molecule has 0 spiro atoms. The van der Waals surface area contributed by atoms with E-state index in [1.807, 2.05) is 0 Å². The molecule has 1 aromatic rings. The van der Waals surface area contributed by atoms with Gasteiger partial charge in [-0.15, -0.1) is 0 Å². The summed E-state index contributed by atoms with van der Waals surface area (Å²) in [6, 6.07) is 1.60. The lowest BCUT2D eigenvalue weighted by molar-refractivity contribution is -0.117. The summed E-state index contributed by atoms with van der Waals surface area (Å²) in [6.07, 6.45) is 2.00. The van der Waals surface area contributed by atoms with E-state index in [2.05, 4.69) is 17.6 Å². The Morgan fingerprint density at radius 2 is 2.44 bits per heavy atom. The van der Waals surface area contributed by atoms with Gasteiger partial charge in [-0.2, -0.15) is 12.6 Å². The van der Waals surface area contributed by atoms with Crippen LogP contribution in [0.15, 0.2) is 12.3 Å². The van der Waals surface area contributed by atoms with E-state index in [1.54, 1.807) is 11.0 Å². The van der Waals surface area contributed by atoms with Gasteiger partial charge in [0.05, 0.1) is 10.7 Å². The second-order valence-electron chi connectivity index (χ2n) is 3.82. The SMILES string of the molecule is Nc1cc(Cl)cnc1N1CC(CS)CC1=O. The van der Waals surface area contributed by atoms with Crippen molar-refractivity contribution < 1.29 is 4.79 Å². The van der Waals surface area contributed by atoms with Gasteiger partial charge in [0.15, 0.2) is 5.82 Å². The Morgan fingerprint density at radius 1 is 1.69 bits per heavy atom. The number of hydrogen-bond donors (Lipinski definition) is 2. The van der Waals surface area contributed by atoms with Crippen molar-refractivity contribution in [2.45, 2.75) is 6.42 Å². The van der Waals surface area contributed by atoms with E-state index in [0.717, 1.165) is 0 Å². The molecule has 1 aromatic heterocycles. The Balaban J connectivity index is 2.28. The number of halogens is 1. The minimum absolute atomic E-state index is 0.0422. The summed E-state index contributed by atoms with van der Waals surface area (Å²) in [6.45, 7) is 0.626. The van der Waals surface area contributed by atoms with Gasteiger partial charge in [0.25, 0.3) is 0 Å². The van der Waals surface area contributed by atoms with Crippen LogP contribution in [0.3, 0.4) is 0 Å². The highest BCUT2D eigenvalue weighted by molar-refractivity contribution is 7.80. The minimum atomic E-state index is 0.0422. The highest BCUT2D eigenvalue weighted by atomic mass is 35.5. The number of carbonyl (C=O) groups is 1. The lowest BCUT2D eigenvalue weighted by atomic mass is 10.1. The summed E-state index contributed by atoms with van der Waals surface area (Å²) in [7, 11) is 0. The average molecular weight is 258 g/mol. The van der Waals surface area contributed by atoms with E-state index in [9.17, 15) is 4.79 Å². The fourth-order valence-corrected chi connectivity index (χ4v) is 2.19. The lowest BCUT2D eigenvalue weighted by Gasteiger charge is -2.17. The molecule has 0 bridgehead atoms. The molecule has 0 radical (unpaired) electrons. The van der Waals surface area contributed by atoms with Crippen molar-refractivity contribution in [1.29, 1.82) is 0 Å². The van der Waals surface area contributed by atoms with Gasteiger partial charge in [0.1, 0.15) is 0 Å². The molecule has 6 heteroatoms. The zero-order valence-corrected chi connectivity index (χ0v) is 10.2. The first-order valence-corrected chi connectivity index (χ1v) is 5.95. The Morgan fingerprint density at radius 3 is 3.00 bits per heavy atom. The zero-order valence-electron chi connectivity index (χ0n) is 8.56. The van der Waals surface area contributed by atoms with Crippen molar-refractivity contribution in [3.05, 3.63) is 17.3 Å². The fraction of sp³-hybridized carbons (Fsp3) is 0.400. The van der Waals surface area contributed by atoms with Gasteiger partial charge < -0.3 is 5.73 Å². The fourth-order valence-electron chi connectivity index (χ4n) is 1.78. The number of thiol groups is 1. The number of aromatic nitrogens is 1. The van der Waals surface area contributed by atoms with E-state index in [1.165, 1.54) is 6.20 Å². The maximum Gasteiger partial charge on any atom is 0.228 e. The predicted molar refractivity (Wildman–Crippen MR) is 68.0 cm³/mol. The van der Waals surface area contributed by atoms with Gasteiger partial charge in [0, 0.05) is 19.2 Å². The third kappa shape index (κ3) is 2.10. The smallest absolute Gasteiger partial charge is 0.228 e. The third-order valence-electron chi connectivity index (χ3n) is 2.58. The highest BCUT2D eigenvalue weighted by Crippen LogP contribution is 2.29. The molecule has 4 nitrogen and oxygen atoms in total. The van der Waals surface area contributed by atoms with Gasteiger partial charge in [-0.05, 0) is 17.7 Å². The predicted octanol–water partition coefficient (Wildman–Crippen LogP) is 1.60. The van der Waals surface area contributed by atoms with E-state index in [4.69, 9.17) is 17.3 Å². The van der Waals surface area contributed by atoms with E-state index < -0.39 is 0 Å². The maximum atomic E-state index is 11.7. The Labute approximate surface area is 104 Å². The summed E-state index contributed by atoms with van der Waals surface area (Å²) in [5, 5.41) is 0.471. The Bertz CT molecular complexity index is 427. The molecule has 2 rings (SSSR count). The van der Waals surface area contributed by atoms with E-state index in [-0.39, 0.29) is 11.8 Å². The minimum Gasteiger partial charge on any atom is -0.396 e. The van der Waals surface area contributed by atoms with Crippen molar-refractivity contribution in [1.82, 2.24) is 4.98 Å². The monoisotopic (exact) mass is 257 g/mol. The molecule has 86 valence electrons. The molecule has 0 saturated carbocycles. The van der Waals surface area contributed by atoms with Crippen LogP contribution in [0.2, 0.25) is 5.02 Å². The quantitative estimate of drug-likeness (QED) is 0.792. The summed E-state index contributed by atoms with van der Waals surface area (Å²) >= 11 is 9.96. The molecule has 16 heavy (non-hydrogen) atoms. The van der Waals surface area contributed by atoms with Crippen LogP contribution < -0.4 is 10.6 Å². The summed E-state index contributed by atoms with van der Waals surface area (Å²) < 4.78 is 0. The molecule has 1 atom stereocenters. The second kappa shape index (κ2) is 4.51. The first kappa shape index (κ1) is 11.5. The molecule has 1 saturated heterocycles. The molecule has 2 heterocycles. The van der Waals surface area contributed by atoms with Gasteiger partial charge in [-0.1, -0.05) is 11.6 Å². The highest BCUT2D eigenvalue weighted by Gasteiger charge is 2.31. The van der Waals surface area contributed by atoms with E-state index in [0.29, 0.717) is 35.2 Å². The number of nitrogens with zero attached hydrogens (tertiary/aromatic N) is 2. The van der Waals surface area contributed by atoms with Crippen molar-refractivity contribution in [2.24, 2.45) is 5.92 Å². The van der Waals surface area contributed by atoms with Crippen LogP contribution in [0.5, 0.6) is 0 Å². The summed E-state index contributed by atoms with van der Waals surface area (Å²) in [5.74, 6) is 1.50. The van der Waals surface area contributed by atoms with Gasteiger partial charge in [-0.25, -0.2) is 4.98 Å². The van der Waals surface area contributed by atoms with Crippen molar-refractivity contribution in [3.63, 3.8) is 0 Å². The average Bonchev–Trinajstić information content (AvgIpc) is 2.60. The van der Waals surface area contributed by atoms with Crippen molar-refractivity contribution in [2.75, 3.05) is 22.9 Å². The standard InChI is InChI=1S/C10H12ClN3OS/c11-7-2-8(12)10(13-3-7)14-4-6(5-16)1-9(14)15/h2-3,6,16H,1,4-5,12H2. The number of rotatable bonds is 2. The molecule has 1 amide bonds. The first-order valence-electron chi connectivity index (χ1n) is 4.94. The number of carbonyl (C=O) groups excluding carboxylic acids is 1. The molecule has 1 fully saturated rings. The molecule has 0 aliphatic carbocycles.